The highest BCUT2D eigenvalue weighted by molar-refractivity contribution is 8.98. The number of epoxide rings is 2. The lowest BCUT2D eigenvalue weighted by Crippen LogP contribution is -2.36. The van der Waals surface area contributed by atoms with Crippen LogP contribution in [-0.2, 0) is 33.0 Å². The molecule has 4 saturated heterocycles. The predicted octanol–water partition coefficient (Wildman–Crippen LogP) is 8.00. The molecule has 11 atom stereocenters. The van der Waals surface area contributed by atoms with E-state index in [0.29, 0.717) is 44.7 Å². The van der Waals surface area contributed by atoms with Crippen molar-refractivity contribution in [2.24, 2.45) is 0 Å². The molecule has 4 aliphatic rings. The number of carbonyl (C=O) groups excluding carboxylic acids is 2. The lowest BCUT2D eigenvalue weighted by molar-refractivity contribution is -0.0287. The minimum atomic E-state index is -0.600. The van der Waals surface area contributed by atoms with Gasteiger partial charge >= 0.3 is 11.9 Å². The molecule has 6 rings (SSSR count). The second-order valence-electron chi connectivity index (χ2n) is 12.2. The van der Waals surface area contributed by atoms with E-state index in [-0.39, 0.29) is 27.2 Å². The number of ether oxygens (including phenoxy) is 8. The Morgan fingerprint density at radius 3 is 1.54 bits per heavy atom. The van der Waals surface area contributed by atoms with Crippen LogP contribution in [0, 0.1) is 13.8 Å². The second-order valence-corrected chi connectivity index (χ2v) is 33.6. The first-order valence-corrected chi connectivity index (χ1v) is 28.2. The smallest absolute Gasteiger partial charge is 0.338 e. The molecule has 274 valence electrons. The van der Waals surface area contributed by atoms with E-state index >= 15 is 0 Å². The summed E-state index contributed by atoms with van der Waals surface area (Å²) >= 11 is 0. The molecule has 4 fully saturated rings. The molecule has 0 saturated carbocycles. The number of esters is 2. The summed E-state index contributed by atoms with van der Waals surface area (Å²) in [6, 6.07) is 10.5. The van der Waals surface area contributed by atoms with Crippen LogP contribution in [0.4, 0.5) is 0 Å². The Labute approximate surface area is 305 Å². The summed E-state index contributed by atoms with van der Waals surface area (Å²) in [6.07, 6.45) is 2.40. The van der Waals surface area contributed by atoms with E-state index in [9.17, 15) is 14.2 Å². The third kappa shape index (κ3) is 12.3. The minimum Gasteiger partial charge on any atom is -0.493 e. The van der Waals surface area contributed by atoms with Crippen molar-refractivity contribution in [3.05, 3.63) is 58.7 Å². The normalized spacial score (nSPS) is 25.6. The van der Waals surface area contributed by atoms with Gasteiger partial charge in [0, 0.05) is 6.99 Å². The number of fused-ring (bicyclic) bond motifs is 1. The number of hydrogen-bond acceptors (Lipinski definition) is 11. The van der Waals surface area contributed by atoms with Crippen LogP contribution < -0.4 is 9.47 Å². The molecule has 2 aromatic carbocycles. The van der Waals surface area contributed by atoms with Gasteiger partial charge in [-0.25, -0.2) is 9.59 Å². The van der Waals surface area contributed by atoms with Gasteiger partial charge in [-0.3, -0.25) is 4.57 Å². The topological polar surface area (TPSA) is 132 Å². The molecular weight excluding hydrogens is 777 g/mol. The molecule has 2 aromatic rings. The maximum Gasteiger partial charge on any atom is 0.338 e. The van der Waals surface area contributed by atoms with Gasteiger partial charge in [-0.05, 0) is 94.0 Å². The van der Waals surface area contributed by atoms with Crippen molar-refractivity contribution in [2.45, 2.75) is 76.2 Å². The van der Waals surface area contributed by atoms with Crippen molar-refractivity contribution >= 4 is 68.8 Å². The summed E-state index contributed by atoms with van der Waals surface area (Å²) in [7, 11) is 9.18. The van der Waals surface area contributed by atoms with Crippen LogP contribution in [0.3, 0.4) is 0 Å². The number of aryl methyl sites for hydroxylation is 2. The van der Waals surface area contributed by atoms with E-state index in [1.807, 2.05) is 13.8 Å². The molecule has 18 heteroatoms. The number of hydrogen-bond donors (Lipinski definition) is 0. The van der Waals surface area contributed by atoms with Crippen molar-refractivity contribution in [1.82, 2.24) is 0 Å². The zero-order chi connectivity index (χ0) is 35.6. The van der Waals surface area contributed by atoms with E-state index in [0.717, 1.165) is 69.5 Å². The fourth-order valence-corrected chi connectivity index (χ4v) is 26.9. The maximum atomic E-state index is 12.9. The van der Waals surface area contributed by atoms with E-state index < -0.39 is 36.4 Å². The first-order chi connectivity index (χ1) is 24.2. The summed E-state index contributed by atoms with van der Waals surface area (Å²) in [6.45, 7) is 6.72. The van der Waals surface area contributed by atoms with Crippen LogP contribution in [0.15, 0.2) is 36.4 Å². The molecular formula is C32H45O11P7. The van der Waals surface area contributed by atoms with Gasteiger partial charge in [0.05, 0.1) is 63.0 Å². The zero-order valence-corrected chi connectivity index (χ0v) is 35.2. The number of rotatable bonds is 17. The fraction of sp³-hybridized carbons (Fsp3) is 0.562. The van der Waals surface area contributed by atoms with Gasteiger partial charge in [0.15, 0.2) is 20.4 Å². The molecule has 11 unspecified atom stereocenters. The van der Waals surface area contributed by atoms with Crippen LogP contribution >= 0.6 is 56.9 Å². The highest BCUT2D eigenvalue weighted by Crippen LogP contribution is 2.93. The van der Waals surface area contributed by atoms with Crippen LogP contribution in [0.2, 0.25) is 0 Å². The lowest BCUT2D eigenvalue weighted by atomic mass is 10.1. The largest absolute Gasteiger partial charge is 0.493 e. The number of carbonyl (C=O) groups is 2. The number of benzene rings is 2. The molecule has 0 spiro atoms. The maximum absolute atomic E-state index is 12.9. The summed E-state index contributed by atoms with van der Waals surface area (Å²) in [4.78, 5) is 25.9. The molecule has 4 aliphatic heterocycles. The second kappa shape index (κ2) is 20.3. The third-order valence-electron chi connectivity index (χ3n) is 8.37. The first kappa shape index (κ1) is 40.7. The SMILES string of the molecule is Cc1cc(C(=O)OC2COC3C(OC(=O)c4ccc(OCCCC5CO5)c(C)c4)COC23)ccc1OCCCC1CO1.O=PP(PP)P(P)P. The predicted molar refractivity (Wildman–Crippen MR) is 208 cm³/mol. The fourth-order valence-electron chi connectivity index (χ4n) is 5.51. The van der Waals surface area contributed by atoms with Crippen LogP contribution in [0.25, 0.3) is 0 Å². The van der Waals surface area contributed by atoms with E-state index in [1.165, 1.54) is 0 Å². The Hall–Kier alpha value is -0.500. The monoisotopic (exact) mass is 822 g/mol. The molecule has 0 amide bonds. The van der Waals surface area contributed by atoms with Crippen molar-refractivity contribution in [1.29, 1.82) is 0 Å². The van der Waals surface area contributed by atoms with E-state index in [4.69, 9.17) is 37.9 Å². The Bertz CT molecular complexity index is 1360. The molecule has 0 N–H and O–H groups in total. The first-order valence-electron chi connectivity index (χ1n) is 16.4. The Morgan fingerprint density at radius 1 is 0.780 bits per heavy atom. The Balaban J connectivity index is 0.000000544. The van der Waals surface area contributed by atoms with E-state index in [1.54, 1.807) is 36.4 Å². The van der Waals surface area contributed by atoms with Crippen molar-refractivity contribution in [3.63, 3.8) is 0 Å². The lowest BCUT2D eigenvalue weighted by Gasteiger charge is -2.18. The average Bonchev–Trinajstić information content (AvgIpc) is 4.03. The molecule has 4 heterocycles. The van der Waals surface area contributed by atoms with Crippen molar-refractivity contribution in [3.8, 4) is 11.5 Å². The molecule has 0 radical (unpaired) electrons. The van der Waals surface area contributed by atoms with Gasteiger partial charge in [0.2, 0.25) is 0 Å². The zero-order valence-electron chi connectivity index (χ0n) is 28.1. The average molecular weight is 823 g/mol. The van der Waals surface area contributed by atoms with Crippen LogP contribution in [0.1, 0.15) is 57.5 Å². The van der Waals surface area contributed by atoms with Gasteiger partial charge in [-0.2, -0.15) is 0 Å². The molecule has 11 nitrogen and oxygen atoms in total. The molecule has 0 aromatic heterocycles. The standard InChI is InChI=1S/C32H38O10.H7OP7/c1-19-13-21(7-9-25(19)35-11-3-5-23-15-37-23)31(33)41-27-17-39-30-28(18-40-29(27)30)42-32(34)22-8-10-26(20(2)14-22)36-12-4-6-24-16-38-24;1-5-8(6-2)7(3)4/h7-10,13-14,23-24,27-30H,3-6,11-12,15-18H2,1-2H3;6H,2-4H2. The van der Waals surface area contributed by atoms with E-state index in [2.05, 4.69) is 26.8 Å². The molecule has 50 heavy (non-hydrogen) atoms. The van der Waals surface area contributed by atoms with Crippen LogP contribution in [-0.4, -0.2) is 88.2 Å². The van der Waals surface area contributed by atoms with Gasteiger partial charge in [-0.15, -0.1) is 26.8 Å². The highest BCUT2D eigenvalue weighted by atomic mass is 33.0. The quantitative estimate of drug-likeness (QED) is 0.0666. The van der Waals surface area contributed by atoms with Crippen LogP contribution in [0.5, 0.6) is 11.5 Å². The van der Waals surface area contributed by atoms with Gasteiger partial charge in [0.1, 0.15) is 23.7 Å². The summed E-state index contributed by atoms with van der Waals surface area (Å²) in [5, 5.41) is 0. The van der Waals surface area contributed by atoms with Gasteiger partial charge in [0.25, 0.3) is 0 Å². The Morgan fingerprint density at radius 2 is 1.22 bits per heavy atom. The minimum absolute atomic E-state index is 0.0993. The van der Waals surface area contributed by atoms with Crippen molar-refractivity contribution < 1.29 is 52.0 Å². The van der Waals surface area contributed by atoms with Crippen molar-refractivity contribution in [2.75, 3.05) is 39.6 Å². The Kier molecular flexibility index (Phi) is 16.5. The summed E-state index contributed by atoms with van der Waals surface area (Å²) < 4.78 is 55.7. The summed E-state index contributed by atoms with van der Waals surface area (Å²) in [5.74, 6) is 0.557. The molecule has 0 aliphatic carbocycles. The summed E-state index contributed by atoms with van der Waals surface area (Å²) in [5.41, 5.74) is 2.57. The van der Waals surface area contributed by atoms with Gasteiger partial charge < -0.3 is 37.9 Å². The highest BCUT2D eigenvalue weighted by Gasteiger charge is 2.51. The molecule has 0 bridgehead atoms. The third-order valence-corrected chi connectivity index (χ3v) is 37.1. The van der Waals surface area contributed by atoms with Gasteiger partial charge in [-0.1, -0.05) is 7.96 Å².